The number of hydrogen-bond acceptors (Lipinski definition) is 9. The van der Waals surface area contributed by atoms with Crippen molar-refractivity contribution in [2.45, 2.75) is 303 Å². The van der Waals surface area contributed by atoms with Crippen LogP contribution in [0, 0.1) is 0 Å². The minimum atomic E-state index is -0.366. The fourth-order valence-corrected chi connectivity index (χ4v) is 10.00. The summed E-state index contributed by atoms with van der Waals surface area (Å²) in [6, 6.07) is 0. The van der Waals surface area contributed by atoms with Gasteiger partial charge in [0.05, 0.1) is 24.4 Å². The maximum absolute atomic E-state index is 11.3. The number of unbranched alkanes of at least 4 members (excludes halogenated alkanes) is 29. The molecule has 9 heteroatoms. The molecule has 4 atom stereocenters. The fraction of sp³-hybridized carbons (Fsp3) is 1.00. The van der Waals surface area contributed by atoms with Gasteiger partial charge in [0.1, 0.15) is 0 Å². The molecule has 0 aliphatic carbocycles. The average Bonchev–Trinajstić information content (AvgIpc) is 3.34. The first-order chi connectivity index (χ1) is 33.8. The van der Waals surface area contributed by atoms with Gasteiger partial charge in [0, 0.05) is 78.5 Å². The van der Waals surface area contributed by atoms with E-state index < -0.39 is 0 Å². The molecule has 0 amide bonds. The molecule has 0 aliphatic heterocycles. The Bertz CT molecular complexity index is 966. The molecule has 0 fully saturated rings. The SMILES string of the molecule is CCCCCCCCCCCC(O)CN(CCN(CCNCCN(CC)CCNCC(O)CCCCCCCCCC)CCC(O)CCCCCCCCCC)CC(O)CCCCCCCCCC. The number of aliphatic hydroxyl groups is 4. The van der Waals surface area contributed by atoms with Crippen LogP contribution in [0.1, 0.15) is 279 Å². The van der Waals surface area contributed by atoms with Gasteiger partial charge in [-0.1, -0.05) is 247 Å². The average molecular weight is 983 g/mol. The van der Waals surface area contributed by atoms with Gasteiger partial charge < -0.3 is 40.9 Å². The quantitative estimate of drug-likeness (QED) is 0.0332. The standard InChI is InChI=1S/C60H127N5O4/c1-6-11-15-19-23-27-31-35-39-43-60(69)56-65(55-59(68)42-38-34-30-26-22-18-14-9-4)53-52-64(48-44-57(66)40-36-32-28-24-20-16-12-7-2)51-46-61-45-49-63(10-5)50-47-62-54-58(67)41-37-33-29-25-21-17-13-8-3/h57-62,66-69H,6-56H2,1-5H3. The molecule has 0 aliphatic rings. The van der Waals surface area contributed by atoms with Crippen LogP contribution in [-0.4, -0.2) is 145 Å². The molecule has 0 radical (unpaired) electrons. The Morgan fingerprint density at radius 2 is 0.580 bits per heavy atom. The molecule has 0 aromatic heterocycles. The lowest BCUT2D eigenvalue weighted by atomic mass is 10.0. The van der Waals surface area contributed by atoms with Crippen molar-refractivity contribution in [1.29, 1.82) is 0 Å². The number of nitrogens with zero attached hydrogens (tertiary/aromatic N) is 3. The van der Waals surface area contributed by atoms with Gasteiger partial charge in [-0.2, -0.15) is 0 Å². The molecule has 0 aromatic rings. The topological polar surface area (TPSA) is 115 Å². The molecule has 4 unspecified atom stereocenters. The number of likely N-dealkylation sites (N-methyl/N-ethyl adjacent to an activating group) is 1. The van der Waals surface area contributed by atoms with Crippen LogP contribution in [-0.2, 0) is 0 Å². The molecule has 0 spiro atoms. The van der Waals surface area contributed by atoms with Crippen LogP contribution in [0.15, 0.2) is 0 Å². The highest BCUT2D eigenvalue weighted by atomic mass is 16.3. The van der Waals surface area contributed by atoms with Gasteiger partial charge in [0.25, 0.3) is 0 Å². The molecule has 0 aromatic carbocycles. The second-order valence-corrected chi connectivity index (χ2v) is 21.8. The number of rotatable bonds is 59. The van der Waals surface area contributed by atoms with Crippen LogP contribution in [0.3, 0.4) is 0 Å². The van der Waals surface area contributed by atoms with Crippen molar-refractivity contribution >= 4 is 0 Å². The Balaban J connectivity index is 5.19. The van der Waals surface area contributed by atoms with E-state index in [0.717, 1.165) is 123 Å². The van der Waals surface area contributed by atoms with Gasteiger partial charge in [-0.15, -0.1) is 0 Å². The monoisotopic (exact) mass is 982 g/mol. The lowest BCUT2D eigenvalue weighted by Gasteiger charge is -2.31. The first kappa shape index (κ1) is 68.6. The maximum Gasteiger partial charge on any atom is 0.0667 e. The highest BCUT2D eigenvalue weighted by molar-refractivity contribution is 4.74. The van der Waals surface area contributed by atoms with Gasteiger partial charge >= 0.3 is 0 Å². The smallest absolute Gasteiger partial charge is 0.0667 e. The van der Waals surface area contributed by atoms with E-state index in [-0.39, 0.29) is 24.4 Å². The van der Waals surface area contributed by atoms with Crippen LogP contribution < -0.4 is 10.6 Å². The zero-order valence-electron chi connectivity index (χ0n) is 47.5. The van der Waals surface area contributed by atoms with Gasteiger partial charge in [-0.05, 0) is 38.6 Å². The lowest BCUT2D eigenvalue weighted by Crippen LogP contribution is -2.44. The van der Waals surface area contributed by atoms with Gasteiger partial charge in [0.15, 0.2) is 0 Å². The Kier molecular flexibility index (Phi) is 55.1. The first-order valence-electron chi connectivity index (χ1n) is 31.1. The summed E-state index contributed by atoms with van der Waals surface area (Å²) in [5.41, 5.74) is 0. The second kappa shape index (κ2) is 55.4. The fourth-order valence-electron chi connectivity index (χ4n) is 10.00. The summed E-state index contributed by atoms with van der Waals surface area (Å²) < 4.78 is 0. The van der Waals surface area contributed by atoms with E-state index in [1.165, 1.54) is 186 Å². The molecule has 0 bridgehead atoms. The third-order valence-electron chi connectivity index (χ3n) is 14.9. The van der Waals surface area contributed by atoms with E-state index in [9.17, 15) is 20.4 Å². The van der Waals surface area contributed by atoms with Gasteiger partial charge in [-0.25, -0.2) is 0 Å². The van der Waals surface area contributed by atoms with Gasteiger partial charge in [-0.3, -0.25) is 4.90 Å². The Morgan fingerprint density at radius 1 is 0.275 bits per heavy atom. The van der Waals surface area contributed by atoms with Crippen molar-refractivity contribution in [2.24, 2.45) is 0 Å². The molecule has 69 heavy (non-hydrogen) atoms. The number of hydrogen-bond donors (Lipinski definition) is 6. The van der Waals surface area contributed by atoms with Crippen molar-refractivity contribution in [1.82, 2.24) is 25.3 Å². The van der Waals surface area contributed by atoms with Crippen LogP contribution in [0.5, 0.6) is 0 Å². The predicted octanol–water partition coefficient (Wildman–Crippen LogP) is 13.4. The van der Waals surface area contributed by atoms with E-state index in [1.807, 2.05) is 0 Å². The van der Waals surface area contributed by atoms with Crippen molar-refractivity contribution in [3.8, 4) is 0 Å². The number of nitrogens with one attached hydrogen (secondary N) is 2. The summed E-state index contributed by atoms with van der Waals surface area (Å²) in [4.78, 5) is 7.37. The molecular weight excluding hydrogens is 855 g/mol. The number of aliphatic hydroxyl groups excluding tert-OH is 4. The van der Waals surface area contributed by atoms with Crippen LogP contribution in [0.25, 0.3) is 0 Å². The van der Waals surface area contributed by atoms with Crippen LogP contribution in [0.4, 0.5) is 0 Å². The summed E-state index contributed by atoms with van der Waals surface area (Å²) in [7, 11) is 0. The van der Waals surface area contributed by atoms with E-state index in [4.69, 9.17) is 0 Å². The summed E-state index contributed by atoms with van der Waals surface area (Å²) in [5, 5.41) is 51.5. The van der Waals surface area contributed by atoms with E-state index in [0.29, 0.717) is 19.6 Å². The summed E-state index contributed by atoms with van der Waals surface area (Å²) in [6.07, 6.45) is 45.5. The normalized spacial score (nSPS) is 13.9. The summed E-state index contributed by atoms with van der Waals surface area (Å²) in [6.45, 7) is 22.5. The highest BCUT2D eigenvalue weighted by Crippen LogP contribution is 2.16. The van der Waals surface area contributed by atoms with Crippen molar-refractivity contribution in [3.05, 3.63) is 0 Å². The second-order valence-electron chi connectivity index (χ2n) is 21.8. The van der Waals surface area contributed by atoms with Crippen molar-refractivity contribution in [3.63, 3.8) is 0 Å². The zero-order chi connectivity index (χ0) is 50.5. The zero-order valence-corrected chi connectivity index (χ0v) is 47.5. The maximum atomic E-state index is 11.3. The third kappa shape index (κ3) is 50.9. The molecular formula is C60H127N5O4. The predicted molar refractivity (Wildman–Crippen MR) is 303 cm³/mol. The molecule has 9 nitrogen and oxygen atoms in total. The Hall–Kier alpha value is -0.360. The molecule has 0 saturated carbocycles. The first-order valence-corrected chi connectivity index (χ1v) is 31.1. The van der Waals surface area contributed by atoms with E-state index >= 15 is 0 Å². The summed E-state index contributed by atoms with van der Waals surface area (Å²) in [5.74, 6) is 0. The van der Waals surface area contributed by atoms with Crippen LogP contribution in [0.2, 0.25) is 0 Å². The largest absolute Gasteiger partial charge is 0.393 e. The highest BCUT2D eigenvalue weighted by Gasteiger charge is 2.18. The van der Waals surface area contributed by atoms with Crippen molar-refractivity contribution < 1.29 is 20.4 Å². The lowest BCUT2D eigenvalue weighted by molar-refractivity contribution is 0.0534. The molecule has 0 saturated heterocycles. The third-order valence-corrected chi connectivity index (χ3v) is 14.9. The van der Waals surface area contributed by atoms with Crippen molar-refractivity contribution in [2.75, 3.05) is 85.1 Å². The van der Waals surface area contributed by atoms with Crippen LogP contribution >= 0.6 is 0 Å². The van der Waals surface area contributed by atoms with Gasteiger partial charge in [0.2, 0.25) is 0 Å². The molecule has 0 heterocycles. The minimum Gasteiger partial charge on any atom is -0.393 e. The molecule has 6 N–H and O–H groups in total. The van der Waals surface area contributed by atoms with E-state index in [1.54, 1.807) is 0 Å². The Morgan fingerprint density at radius 3 is 0.957 bits per heavy atom. The molecule has 0 rings (SSSR count). The summed E-state index contributed by atoms with van der Waals surface area (Å²) >= 11 is 0. The van der Waals surface area contributed by atoms with E-state index in [2.05, 4.69) is 60.0 Å². The Labute approximate surface area is 432 Å². The minimum absolute atomic E-state index is 0.248. The molecule has 416 valence electrons.